The Balaban J connectivity index is 0.000000671. The number of halogens is 2. The lowest BCUT2D eigenvalue weighted by Gasteiger charge is -2.04. The largest absolute Gasteiger partial charge is 0.417 e. The van der Waals surface area contributed by atoms with Gasteiger partial charge in [-0.1, -0.05) is 19.9 Å². The number of aromatic nitrogens is 1. The highest BCUT2D eigenvalue weighted by atomic mass is 19.3. The van der Waals surface area contributed by atoms with E-state index in [0.717, 1.165) is 0 Å². The molecule has 4 heteroatoms. The minimum absolute atomic E-state index is 0.0116. The molecule has 1 heterocycles. The maximum Gasteiger partial charge on any atom is 0.388 e. The molecule has 0 bridgehead atoms. The summed E-state index contributed by atoms with van der Waals surface area (Å²) in [5, 5.41) is 0. The molecule has 0 aliphatic carbocycles. The van der Waals surface area contributed by atoms with Crippen molar-refractivity contribution in [2.75, 3.05) is 0 Å². The van der Waals surface area contributed by atoms with Crippen LogP contribution in [0, 0.1) is 6.92 Å². The number of hydrogen-bond acceptors (Lipinski definition) is 2. The SMILES string of the molecule is CC.Cc1cccnc1OC(F)F. The van der Waals surface area contributed by atoms with Crippen LogP contribution in [0.1, 0.15) is 19.4 Å². The third-order valence-electron chi connectivity index (χ3n) is 1.16. The van der Waals surface area contributed by atoms with Crippen molar-refractivity contribution in [1.82, 2.24) is 4.98 Å². The van der Waals surface area contributed by atoms with Gasteiger partial charge in [0, 0.05) is 11.8 Å². The second-order valence-electron chi connectivity index (χ2n) is 2.00. The van der Waals surface area contributed by atoms with E-state index >= 15 is 0 Å². The maximum atomic E-state index is 11.6. The molecule has 0 spiro atoms. The summed E-state index contributed by atoms with van der Waals surface area (Å²) in [5.74, 6) is -0.0116. The standard InChI is InChI=1S/C7H7F2NO.C2H6/c1-5-3-2-4-10-6(5)11-7(8)9;1-2/h2-4,7H,1H3;1-2H3. The summed E-state index contributed by atoms with van der Waals surface area (Å²) in [6, 6.07) is 3.32. The molecular formula is C9H13F2NO. The zero-order chi connectivity index (χ0) is 10.3. The van der Waals surface area contributed by atoms with Gasteiger partial charge in [-0.3, -0.25) is 0 Å². The van der Waals surface area contributed by atoms with E-state index in [0.29, 0.717) is 5.56 Å². The second kappa shape index (κ2) is 6.34. The predicted molar refractivity (Wildman–Crippen MR) is 47.0 cm³/mol. The fourth-order valence-electron chi connectivity index (χ4n) is 0.679. The quantitative estimate of drug-likeness (QED) is 0.713. The summed E-state index contributed by atoms with van der Waals surface area (Å²) in [5.41, 5.74) is 0.604. The van der Waals surface area contributed by atoms with Crippen LogP contribution in [0.4, 0.5) is 8.78 Å². The first-order valence-electron chi connectivity index (χ1n) is 4.06. The van der Waals surface area contributed by atoms with Gasteiger partial charge in [0.1, 0.15) is 0 Å². The molecule has 1 rings (SSSR count). The molecule has 74 valence electrons. The first-order valence-corrected chi connectivity index (χ1v) is 4.06. The van der Waals surface area contributed by atoms with Crippen molar-refractivity contribution >= 4 is 0 Å². The van der Waals surface area contributed by atoms with Crippen molar-refractivity contribution in [3.05, 3.63) is 23.9 Å². The van der Waals surface area contributed by atoms with Crippen molar-refractivity contribution in [3.8, 4) is 5.88 Å². The predicted octanol–water partition coefficient (Wildman–Crippen LogP) is 3.02. The van der Waals surface area contributed by atoms with Gasteiger partial charge in [-0.05, 0) is 13.0 Å². The highest BCUT2D eigenvalue weighted by molar-refractivity contribution is 5.23. The Bertz CT molecular complexity index is 241. The Labute approximate surface area is 76.6 Å². The average Bonchev–Trinajstić information content (AvgIpc) is 2.12. The van der Waals surface area contributed by atoms with Crippen molar-refractivity contribution < 1.29 is 13.5 Å². The summed E-state index contributed by atoms with van der Waals surface area (Å²) in [6.07, 6.45) is 1.41. The Morgan fingerprint density at radius 1 is 1.38 bits per heavy atom. The van der Waals surface area contributed by atoms with E-state index in [1.54, 1.807) is 19.1 Å². The Hall–Kier alpha value is -1.19. The van der Waals surface area contributed by atoms with Gasteiger partial charge in [-0.15, -0.1) is 0 Å². The molecular weight excluding hydrogens is 176 g/mol. The van der Waals surface area contributed by atoms with E-state index in [9.17, 15) is 8.78 Å². The molecule has 1 aromatic heterocycles. The minimum atomic E-state index is -2.80. The number of hydrogen-bond donors (Lipinski definition) is 0. The van der Waals surface area contributed by atoms with Crippen LogP contribution in [0.3, 0.4) is 0 Å². The topological polar surface area (TPSA) is 22.1 Å². The smallest absolute Gasteiger partial charge is 0.388 e. The molecule has 0 aliphatic rings. The van der Waals surface area contributed by atoms with Gasteiger partial charge in [0.15, 0.2) is 0 Å². The van der Waals surface area contributed by atoms with Crippen LogP contribution >= 0.6 is 0 Å². The van der Waals surface area contributed by atoms with Crippen LogP contribution in [0.15, 0.2) is 18.3 Å². The van der Waals surface area contributed by atoms with E-state index in [1.165, 1.54) is 6.20 Å². The van der Waals surface area contributed by atoms with Crippen LogP contribution in [0.25, 0.3) is 0 Å². The van der Waals surface area contributed by atoms with Gasteiger partial charge in [0.05, 0.1) is 0 Å². The minimum Gasteiger partial charge on any atom is -0.417 e. The lowest BCUT2D eigenvalue weighted by Crippen LogP contribution is -2.04. The summed E-state index contributed by atoms with van der Waals surface area (Å²) in [4.78, 5) is 3.62. The highest BCUT2D eigenvalue weighted by Crippen LogP contribution is 2.14. The summed E-state index contributed by atoms with van der Waals surface area (Å²) in [6.45, 7) is 2.86. The van der Waals surface area contributed by atoms with E-state index in [4.69, 9.17) is 0 Å². The molecule has 0 aliphatic heterocycles. The normalized spacial score (nSPS) is 9.08. The molecule has 0 saturated heterocycles. The van der Waals surface area contributed by atoms with Gasteiger partial charge >= 0.3 is 6.61 Å². The molecule has 1 aromatic rings. The van der Waals surface area contributed by atoms with Crippen molar-refractivity contribution in [2.45, 2.75) is 27.4 Å². The van der Waals surface area contributed by atoms with Gasteiger partial charge in [0.25, 0.3) is 0 Å². The second-order valence-corrected chi connectivity index (χ2v) is 2.00. The fraction of sp³-hybridized carbons (Fsp3) is 0.444. The maximum absolute atomic E-state index is 11.6. The lowest BCUT2D eigenvalue weighted by atomic mass is 10.3. The lowest BCUT2D eigenvalue weighted by molar-refractivity contribution is -0.0533. The molecule has 0 amide bonds. The third kappa shape index (κ3) is 4.40. The number of rotatable bonds is 2. The van der Waals surface area contributed by atoms with Crippen LogP contribution in [-0.2, 0) is 0 Å². The van der Waals surface area contributed by atoms with E-state index in [-0.39, 0.29) is 5.88 Å². The fourth-order valence-corrected chi connectivity index (χ4v) is 0.679. The van der Waals surface area contributed by atoms with Crippen LogP contribution < -0.4 is 4.74 Å². The average molecular weight is 189 g/mol. The molecule has 0 atom stereocenters. The van der Waals surface area contributed by atoms with Gasteiger partial charge in [0.2, 0.25) is 5.88 Å². The summed E-state index contributed by atoms with van der Waals surface area (Å²) >= 11 is 0. The first-order chi connectivity index (χ1) is 6.20. The monoisotopic (exact) mass is 189 g/mol. The van der Waals surface area contributed by atoms with Gasteiger partial charge in [-0.25, -0.2) is 4.98 Å². The number of nitrogens with zero attached hydrogens (tertiary/aromatic N) is 1. The number of aryl methyl sites for hydroxylation is 1. The Morgan fingerprint density at radius 3 is 2.46 bits per heavy atom. The van der Waals surface area contributed by atoms with Crippen LogP contribution in [0.5, 0.6) is 5.88 Å². The molecule has 0 aromatic carbocycles. The number of alkyl halides is 2. The zero-order valence-corrected chi connectivity index (χ0v) is 7.92. The van der Waals surface area contributed by atoms with Gasteiger partial charge in [-0.2, -0.15) is 8.78 Å². The molecule has 0 fully saturated rings. The Morgan fingerprint density at radius 2 is 2.00 bits per heavy atom. The van der Waals surface area contributed by atoms with Crippen molar-refractivity contribution in [3.63, 3.8) is 0 Å². The summed E-state index contributed by atoms with van der Waals surface area (Å²) in [7, 11) is 0. The van der Waals surface area contributed by atoms with E-state index in [1.807, 2.05) is 13.8 Å². The third-order valence-corrected chi connectivity index (χ3v) is 1.16. The van der Waals surface area contributed by atoms with Crippen LogP contribution in [0.2, 0.25) is 0 Å². The number of pyridine rings is 1. The summed E-state index contributed by atoms with van der Waals surface area (Å²) < 4.78 is 27.4. The van der Waals surface area contributed by atoms with Crippen LogP contribution in [-0.4, -0.2) is 11.6 Å². The number of ether oxygens (including phenoxy) is 1. The molecule has 2 nitrogen and oxygen atoms in total. The molecule has 0 unspecified atom stereocenters. The zero-order valence-electron chi connectivity index (χ0n) is 7.92. The molecule has 0 N–H and O–H groups in total. The van der Waals surface area contributed by atoms with Crippen molar-refractivity contribution in [1.29, 1.82) is 0 Å². The first kappa shape index (κ1) is 11.8. The van der Waals surface area contributed by atoms with Crippen molar-refractivity contribution in [2.24, 2.45) is 0 Å². The molecule has 0 saturated carbocycles. The van der Waals surface area contributed by atoms with Gasteiger partial charge < -0.3 is 4.74 Å². The highest BCUT2D eigenvalue weighted by Gasteiger charge is 2.06. The van der Waals surface area contributed by atoms with E-state index < -0.39 is 6.61 Å². The van der Waals surface area contributed by atoms with E-state index in [2.05, 4.69) is 9.72 Å². The molecule has 13 heavy (non-hydrogen) atoms. The Kier molecular flexibility index (Phi) is 5.76. The molecule has 0 radical (unpaired) electrons.